The third-order valence-corrected chi connectivity index (χ3v) is 4.54. The number of hydrogen-bond donors (Lipinski definition) is 1. The predicted octanol–water partition coefficient (Wildman–Crippen LogP) is 2.78. The standard InChI is InChI=1S/C21H22N2O4/c1-2-15-8-6-7-11-18(15)22-19(24)14-27-21(26)16-12-20(25)23(13-16)17-9-4-3-5-10-17/h3-11,16H,2,12-14H2,1H3,(H,22,24)/t16-/m1/s1. The molecule has 0 aliphatic carbocycles. The summed E-state index contributed by atoms with van der Waals surface area (Å²) in [6, 6.07) is 16.7. The Balaban J connectivity index is 1.52. The first kappa shape index (κ1) is 18.6. The first-order valence-electron chi connectivity index (χ1n) is 8.98. The molecular weight excluding hydrogens is 344 g/mol. The minimum atomic E-state index is -0.562. The number of rotatable bonds is 6. The molecule has 6 nitrogen and oxygen atoms in total. The lowest BCUT2D eigenvalue weighted by atomic mass is 10.1. The molecule has 27 heavy (non-hydrogen) atoms. The van der Waals surface area contributed by atoms with E-state index in [1.165, 1.54) is 0 Å². The van der Waals surface area contributed by atoms with E-state index in [4.69, 9.17) is 4.74 Å². The van der Waals surface area contributed by atoms with E-state index in [0.717, 1.165) is 17.7 Å². The minimum Gasteiger partial charge on any atom is -0.455 e. The van der Waals surface area contributed by atoms with E-state index in [0.29, 0.717) is 5.69 Å². The molecule has 1 N–H and O–H groups in total. The highest BCUT2D eigenvalue weighted by Crippen LogP contribution is 2.25. The van der Waals surface area contributed by atoms with E-state index >= 15 is 0 Å². The van der Waals surface area contributed by atoms with Crippen molar-refractivity contribution < 1.29 is 19.1 Å². The van der Waals surface area contributed by atoms with E-state index < -0.39 is 17.8 Å². The van der Waals surface area contributed by atoms with Gasteiger partial charge in [-0.1, -0.05) is 43.3 Å². The molecule has 2 amide bonds. The molecule has 1 atom stereocenters. The van der Waals surface area contributed by atoms with Crippen LogP contribution in [0, 0.1) is 5.92 Å². The number of aryl methyl sites for hydroxylation is 1. The van der Waals surface area contributed by atoms with Crippen LogP contribution in [0.15, 0.2) is 54.6 Å². The highest BCUT2D eigenvalue weighted by atomic mass is 16.5. The second-order valence-electron chi connectivity index (χ2n) is 6.41. The summed E-state index contributed by atoms with van der Waals surface area (Å²) in [7, 11) is 0. The average Bonchev–Trinajstić information content (AvgIpc) is 3.09. The largest absolute Gasteiger partial charge is 0.455 e. The summed E-state index contributed by atoms with van der Waals surface area (Å²) in [5.74, 6) is -1.60. The zero-order chi connectivity index (χ0) is 19.2. The van der Waals surface area contributed by atoms with E-state index in [-0.39, 0.29) is 25.5 Å². The predicted molar refractivity (Wildman–Crippen MR) is 102 cm³/mol. The van der Waals surface area contributed by atoms with Gasteiger partial charge in [-0.05, 0) is 30.2 Å². The summed E-state index contributed by atoms with van der Waals surface area (Å²) in [4.78, 5) is 38.1. The van der Waals surface area contributed by atoms with Gasteiger partial charge in [0, 0.05) is 24.3 Å². The van der Waals surface area contributed by atoms with Gasteiger partial charge < -0.3 is 15.0 Å². The number of carbonyl (C=O) groups excluding carboxylic acids is 3. The molecule has 0 radical (unpaired) electrons. The fourth-order valence-corrected chi connectivity index (χ4v) is 3.11. The number of esters is 1. The monoisotopic (exact) mass is 366 g/mol. The van der Waals surface area contributed by atoms with Crippen molar-refractivity contribution in [1.29, 1.82) is 0 Å². The van der Waals surface area contributed by atoms with Crippen molar-refractivity contribution in [3.8, 4) is 0 Å². The van der Waals surface area contributed by atoms with Gasteiger partial charge in [-0.3, -0.25) is 14.4 Å². The quantitative estimate of drug-likeness (QED) is 0.798. The van der Waals surface area contributed by atoms with Gasteiger partial charge in [0.15, 0.2) is 6.61 Å². The molecule has 140 valence electrons. The number of para-hydroxylation sites is 2. The molecule has 0 unspecified atom stereocenters. The second kappa shape index (κ2) is 8.49. The van der Waals surface area contributed by atoms with Crippen LogP contribution < -0.4 is 10.2 Å². The van der Waals surface area contributed by atoms with E-state index in [9.17, 15) is 14.4 Å². The first-order valence-corrected chi connectivity index (χ1v) is 8.98. The fourth-order valence-electron chi connectivity index (χ4n) is 3.11. The topological polar surface area (TPSA) is 75.7 Å². The number of carbonyl (C=O) groups is 3. The van der Waals surface area contributed by atoms with Crippen molar-refractivity contribution in [3.05, 3.63) is 60.2 Å². The van der Waals surface area contributed by atoms with Crippen LogP contribution in [0.5, 0.6) is 0 Å². The highest BCUT2D eigenvalue weighted by Gasteiger charge is 2.36. The molecule has 1 heterocycles. The van der Waals surface area contributed by atoms with Crippen molar-refractivity contribution in [2.75, 3.05) is 23.4 Å². The number of ether oxygens (including phenoxy) is 1. The molecule has 0 aromatic heterocycles. The van der Waals surface area contributed by atoms with Gasteiger partial charge in [0.05, 0.1) is 5.92 Å². The number of nitrogens with zero attached hydrogens (tertiary/aromatic N) is 1. The van der Waals surface area contributed by atoms with Gasteiger partial charge in [0.25, 0.3) is 5.91 Å². The Morgan fingerprint density at radius 3 is 2.56 bits per heavy atom. The molecule has 2 aromatic carbocycles. The summed E-state index contributed by atoms with van der Waals surface area (Å²) in [6.45, 7) is 1.90. The van der Waals surface area contributed by atoms with Crippen LogP contribution >= 0.6 is 0 Å². The van der Waals surface area contributed by atoms with Crippen molar-refractivity contribution in [1.82, 2.24) is 0 Å². The van der Waals surface area contributed by atoms with Crippen LogP contribution in [0.4, 0.5) is 11.4 Å². The van der Waals surface area contributed by atoms with E-state index in [1.54, 1.807) is 4.90 Å². The summed E-state index contributed by atoms with van der Waals surface area (Å²) in [5.41, 5.74) is 2.48. The van der Waals surface area contributed by atoms with Crippen molar-refractivity contribution >= 4 is 29.2 Å². The summed E-state index contributed by atoms with van der Waals surface area (Å²) in [6.07, 6.45) is 0.879. The molecule has 0 bridgehead atoms. The summed E-state index contributed by atoms with van der Waals surface area (Å²) in [5, 5.41) is 2.76. The van der Waals surface area contributed by atoms with E-state index in [1.807, 2.05) is 61.5 Å². The number of amides is 2. The molecule has 1 saturated heterocycles. The number of anilines is 2. The maximum atomic E-state index is 12.3. The Hall–Kier alpha value is -3.15. The Morgan fingerprint density at radius 2 is 1.81 bits per heavy atom. The average molecular weight is 366 g/mol. The van der Waals surface area contributed by atoms with Gasteiger partial charge in [0.1, 0.15) is 0 Å². The SMILES string of the molecule is CCc1ccccc1NC(=O)COC(=O)[C@@H]1CC(=O)N(c2ccccc2)C1. The summed E-state index contributed by atoms with van der Waals surface area (Å²) >= 11 is 0. The van der Waals surface area contributed by atoms with Crippen molar-refractivity contribution in [2.24, 2.45) is 5.92 Å². The Morgan fingerprint density at radius 1 is 1.11 bits per heavy atom. The third-order valence-electron chi connectivity index (χ3n) is 4.54. The maximum absolute atomic E-state index is 12.3. The van der Waals surface area contributed by atoms with Gasteiger partial charge in [-0.25, -0.2) is 0 Å². The molecule has 1 aliphatic rings. The summed E-state index contributed by atoms with van der Waals surface area (Å²) < 4.78 is 5.14. The van der Waals surface area contributed by atoms with Crippen LogP contribution in [0.3, 0.4) is 0 Å². The molecule has 0 saturated carbocycles. The normalized spacial score (nSPS) is 16.3. The Labute approximate surface area is 158 Å². The van der Waals surface area contributed by atoms with Crippen LogP contribution in [0.25, 0.3) is 0 Å². The number of benzene rings is 2. The van der Waals surface area contributed by atoms with Gasteiger partial charge in [-0.2, -0.15) is 0 Å². The smallest absolute Gasteiger partial charge is 0.311 e. The molecule has 6 heteroatoms. The van der Waals surface area contributed by atoms with Crippen molar-refractivity contribution in [3.63, 3.8) is 0 Å². The Kier molecular flexibility index (Phi) is 5.86. The zero-order valence-electron chi connectivity index (χ0n) is 15.2. The highest BCUT2D eigenvalue weighted by molar-refractivity contribution is 6.00. The number of hydrogen-bond acceptors (Lipinski definition) is 4. The van der Waals surface area contributed by atoms with Gasteiger partial charge in [0.2, 0.25) is 5.91 Å². The number of nitrogens with one attached hydrogen (secondary N) is 1. The van der Waals surface area contributed by atoms with Crippen LogP contribution in [0.1, 0.15) is 18.9 Å². The lowest BCUT2D eigenvalue weighted by Crippen LogP contribution is -2.28. The molecule has 1 aliphatic heterocycles. The van der Waals surface area contributed by atoms with Crippen LogP contribution in [0.2, 0.25) is 0 Å². The van der Waals surface area contributed by atoms with Gasteiger partial charge in [-0.15, -0.1) is 0 Å². The molecule has 3 rings (SSSR count). The molecule has 0 spiro atoms. The van der Waals surface area contributed by atoms with Gasteiger partial charge >= 0.3 is 5.97 Å². The second-order valence-corrected chi connectivity index (χ2v) is 6.41. The van der Waals surface area contributed by atoms with Crippen molar-refractivity contribution in [2.45, 2.75) is 19.8 Å². The molecule has 2 aromatic rings. The fraction of sp³-hybridized carbons (Fsp3) is 0.286. The Bertz CT molecular complexity index is 835. The maximum Gasteiger partial charge on any atom is 0.311 e. The van der Waals surface area contributed by atoms with E-state index in [2.05, 4.69) is 5.32 Å². The first-order chi connectivity index (χ1) is 13.1. The van der Waals surface area contributed by atoms with Crippen LogP contribution in [-0.4, -0.2) is 30.9 Å². The molecule has 1 fully saturated rings. The third kappa shape index (κ3) is 4.53. The lowest BCUT2D eigenvalue weighted by molar-refractivity contribution is -0.151. The zero-order valence-corrected chi connectivity index (χ0v) is 15.2. The molecular formula is C21H22N2O4. The minimum absolute atomic E-state index is 0.0913. The van der Waals surface area contributed by atoms with Crippen LogP contribution in [-0.2, 0) is 25.5 Å². The lowest BCUT2D eigenvalue weighted by Gasteiger charge is -2.16.